The zero-order valence-corrected chi connectivity index (χ0v) is 18.1. The summed E-state index contributed by atoms with van der Waals surface area (Å²) in [5, 5.41) is 0. The summed E-state index contributed by atoms with van der Waals surface area (Å²) in [6.07, 6.45) is 0. The summed E-state index contributed by atoms with van der Waals surface area (Å²) in [6.45, 7) is 3.01. The average molecular weight is 428 g/mol. The third kappa shape index (κ3) is 9.04. The van der Waals surface area contributed by atoms with Crippen LogP contribution >= 0.6 is 24.8 Å². The molecule has 0 heterocycles. The standard InChI is InChI=1S/C21H29N3O2.2ClH/c1-23(15-18-9-5-3-6-10-18)13-14-24(21(25)20(22)17-26-2)16-19-11-7-4-8-12-19;;/h3-12,20H,13-17,22H2,1-2H3;2*1H. The van der Waals surface area contributed by atoms with E-state index in [1.54, 1.807) is 7.11 Å². The molecule has 2 aromatic carbocycles. The van der Waals surface area contributed by atoms with Crippen LogP contribution in [0.4, 0.5) is 0 Å². The van der Waals surface area contributed by atoms with Gasteiger partial charge in [0.05, 0.1) is 6.61 Å². The van der Waals surface area contributed by atoms with Gasteiger partial charge in [-0.2, -0.15) is 0 Å². The summed E-state index contributed by atoms with van der Waals surface area (Å²) in [4.78, 5) is 16.7. The molecule has 156 valence electrons. The SMILES string of the molecule is COCC(N)C(=O)N(CCN(C)Cc1ccccc1)Cc1ccccc1.Cl.Cl. The number of hydrogen-bond acceptors (Lipinski definition) is 4. The maximum atomic E-state index is 12.7. The number of benzene rings is 2. The second-order valence-corrected chi connectivity index (χ2v) is 6.53. The number of carbonyl (C=O) groups excluding carboxylic acids is 1. The third-order valence-corrected chi connectivity index (χ3v) is 4.24. The Morgan fingerprint density at radius 1 is 0.929 bits per heavy atom. The molecule has 1 unspecified atom stereocenters. The van der Waals surface area contributed by atoms with Crippen LogP contribution in [-0.2, 0) is 22.6 Å². The fraction of sp³-hybridized carbons (Fsp3) is 0.381. The molecule has 28 heavy (non-hydrogen) atoms. The topological polar surface area (TPSA) is 58.8 Å². The van der Waals surface area contributed by atoms with Crippen molar-refractivity contribution in [3.63, 3.8) is 0 Å². The Labute approximate surface area is 180 Å². The lowest BCUT2D eigenvalue weighted by Crippen LogP contribution is -2.47. The highest BCUT2D eigenvalue weighted by molar-refractivity contribution is 5.85. The fourth-order valence-electron chi connectivity index (χ4n) is 2.82. The van der Waals surface area contributed by atoms with Crippen molar-refractivity contribution in [2.24, 2.45) is 5.73 Å². The van der Waals surface area contributed by atoms with Crippen LogP contribution in [0.25, 0.3) is 0 Å². The molecule has 0 saturated heterocycles. The zero-order valence-electron chi connectivity index (χ0n) is 16.5. The number of nitrogens with two attached hydrogens (primary N) is 1. The van der Waals surface area contributed by atoms with Crippen molar-refractivity contribution < 1.29 is 9.53 Å². The first-order valence-electron chi connectivity index (χ1n) is 8.90. The summed E-state index contributed by atoms with van der Waals surface area (Å²) >= 11 is 0. The van der Waals surface area contributed by atoms with Gasteiger partial charge in [0.1, 0.15) is 6.04 Å². The van der Waals surface area contributed by atoms with Gasteiger partial charge in [-0.15, -0.1) is 24.8 Å². The van der Waals surface area contributed by atoms with E-state index < -0.39 is 6.04 Å². The van der Waals surface area contributed by atoms with E-state index in [1.807, 2.05) is 53.4 Å². The van der Waals surface area contributed by atoms with Gasteiger partial charge >= 0.3 is 0 Å². The molecule has 0 spiro atoms. The van der Waals surface area contributed by atoms with E-state index in [-0.39, 0.29) is 37.3 Å². The van der Waals surface area contributed by atoms with E-state index in [4.69, 9.17) is 10.5 Å². The lowest BCUT2D eigenvalue weighted by Gasteiger charge is -2.28. The highest BCUT2D eigenvalue weighted by Gasteiger charge is 2.21. The van der Waals surface area contributed by atoms with Crippen molar-refractivity contribution >= 4 is 30.7 Å². The lowest BCUT2D eigenvalue weighted by atomic mass is 10.2. The van der Waals surface area contributed by atoms with Crippen LogP contribution in [0.3, 0.4) is 0 Å². The number of rotatable bonds is 10. The molecule has 7 heteroatoms. The van der Waals surface area contributed by atoms with Crippen LogP contribution in [0.15, 0.2) is 60.7 Å². The van der Waals surface area contributed by atoms with Crippen LogP contribution in [0.5, 0.6) is 0 Å². The van der Waals surface area contributed by atoms with Crippen LogP contribution in [0.1, 0.15) is 11.1 Å². The molecule has 0 saturated carbocycles. The van der Waals surface area contributed by atoms with Gasteiger partial charge in [-0.1, -0.05) is 60.7 Å². The molecule has 0 fully saturated rings. The first-order chi connectivity index (χ1) is 12.6. The normalized spacial score (nSPS) is 11.3. The van der Waals surface area contributed by atoms with E-state index in [2.05, 4.69) is 24.1 Å². The van der Waals surface area contributed by atoms with E-state index in [0.29, 0.717) is 13.1 Å². The van der Waals surface area contributed by atoms with Crippen molar-refractivity contribution in [1.29, 1.82) is 0 Å². The van der Waals surface area contributed by atoms with Crippen molar-refractivity contribution in [1.82, 2.24) is 9.80 Å². The predicted molar refractivity (Wildman–Crippen MR) is 119 cm³/mol. The van der Waals surface area contributed by atoms with Crippen molar-refractivity contribution in [3.8, 4) is 0 Å². The zero-order chi connectivity index (χ0) is 18.8. The molecule has 2 aromatic rings. The number of halogens is 2. The van der Waals surface area contributed by atoms with E-state index in [0.717, 1.165) is 18.7 Å². The second kappa shape index (κ2) is 14.4. The molecule has 5 nitrogen and oxygen atoms in total. The highest BCUT2D eigenvalue weighted by atomic mass is 35.5. The largest absolute Gasteiger partial charge is 0.383 e. The summed E-state index contributed by atoms with van der Waals surface area (Å²) in [5.74, 6) is -0.0798. The van der Waals surface area contributed by atoms with Crippen molar-refractivity contribution in [2.75, 3.05) is 33.9 Å². The summed E-state index contributed by atoms with van der Waals surface area (Å²) < 4.78 is 5.05. The maximum absolute atomic E-state index is 12.7. The minimum absolute atomic E-state index is 0. The molecule has 1 amide bonds. The van der Waals surface area contributed by atoms with Gasteiger partial charge in [0.2, 0.25) is 5.91 Å². The second-order valence-electron chi connectivity index (χ2n) is 6.53. The molecular weight excluding hydrogens is 397 g/mol. The van der Waals surface area contributed by atoms with Gasteiger partial charge in [-0.25, -0.2) is 0 Å². The van der Waals surface area contributed by atoms with E-state index >= 15 is 0 Å². The quantitative estimate of drug-likeness (QED) is 0.632. The van der Waals surface area contributed by atoms with Gasteiger partial charge in [-0.05, 0) is 18.2 Å². The highest BCUT2D eigenvalue weighted by Crippen LogP contribution is 2.08. The Hall–Kier alpha value is -1.63. The average Bonchev–Trinajstić information content (AvgIpc) is 2.66. The Morgan fingerprint density at radius 2 is 1.43 bits per heavy atom. The summed E-state index contributed by atoms with van der Waals surface area (Å²) in [6, 6.07) is 19.7. The van der Waals surface area contributed by atoms with Crippen molar-refractivity contribution in [3.05, 3.63) is 71.8 Å². The minimum atomic E-state index is -0.636. The maximum Gasteiger partial charge on any atom is 0.242 e. The molecule has 0 aliphatic carbocycles. The molecule has 0 aliphatic rings. The smallest absolute Gasteiger partial charge is 0.242 e. The van der Waals surface area contributed by atoms with Crippen LogP contribution in [0, 0.1) is 0 Å². The third-order valence-electron chi connectivity index (χ3n) is 4.24. The molecule has 0 aromatic heterocycles. The molecule has 1 atom stereocenters. The lowest BCUT2D eigenvalue weighted by molar-refractivity contribution is -0.134. The first-order valence-corrected chi connectivity index (χ1v) is 8.90. The Balaban J connectivity index is 0.00000364. The van der Waals surface area contributed by atoms with E-state index in [1.165, 1.54) is 5.56 Å². The number of ether oxygens (including phenoxy) is 1. The Kier molecular flexibility index (Phi) is 13.5. The Morgan fingerprint density at radius 3 is 1.93 bits per heavy atom. The number of amides is 1. The molecular formula is C21H31Cl2N3O2. The van der Waals surface area contributed by atoms with Crippen LogP contribution in [0.2, 0.25) is 0 Å². The Bertz CT molecular complexity index is 659. The summed E-state index contributed by atoms with van der Waals surface area (Å²) in [5.41, 5.74) is 8.33. The summed E-state index contributed by atoms with van der Waals surface area (Å²) in [7, 11) is 3.62. The van der Waals surface area contributed by atoms with Crippen LogP contribution in [-0.4, -0.2) is 55.6 Å². The van der Waals surface area contributed by atoms with Gasteiger partial charge in [-0.3, -0.25) is 4.79 Å². The number of carbonyl (C=O) groups is 1. The molecule has 2 rings (SSSR count). The van der Waals surface area contributed by atoms with Gasteiger partial charge in [0, 0.05) is 33.3 Å². The number of nitrogens with zero attached hydrogens (tertiary/aromatic N) is 2. The van der Waals surface area contributed by atoms with Gasteiger partial charge in [0.25, 0.3) is 0 Å². The monoisotopic (exact) mass is 427 g/mol. The molecule has 0 aliphatic heterocycles. The number of hydrogen-bond donors (Lipinski definition) is 1. The minimum Gasteiger partial charge on any atom is -0.383 e. The molecule has 0 bridgehead atoms. The van der Waals surface area contributed by atoms with E-state index in [9.17, 15) is 4.79 Å². The number of methoxy groups -OCH3 is 1. The molecule has 2 N–H and O–H groups in total. The van der Waals surface area contributed by atoms with Crippen LogP contribution < -0.4 is 5.73 Å². The first kappa shape index (κ1) is 26.4. The molecule has 0 radical (unpaired) electrons. The fourth-order valence-corrected chi connectivity index (χ4v) is 2.82. The van der Waals surface area contributed by atoms with Crippen molar-refractivity contribution in [2.45, 2.75) is 19.1 Å². The van der Waals surface area contributed by atoms with Gasteiger partial charge < -0.3 is 20.3 Å². The number of likely N-dealkylation sites (N-methyl/N-ethyl adjacent to an activating group) is 1. The van der Waals surface area contributed by atoms with Gasteiger partial charge in [0.15, 0.2) is 0 Å². The predicted octanol–water partition coefficient (Wildman–Crippen LogP) is 2.96.